The molecule has 1 rings (SSSR count). The van der Waals surface area contributed by atoms with Crippen molar-refractivity contribution in [3.63, 3.8) is 0 Å². The highest BCUT2D eigenvalue weighted by Crippen LogP contribution is 2.15. The summed E-state index contributed by atoms with van der Waals surface area (Å²) in [5.74, 6) is -1.12. The Hall–Kier alpha value is -2.11. The lowest BCUT2D eigenvalue weighted by Gasteiger charge is -2.07. The van der Waals surface area contributed by atoms with E-state index in [1.54, 1.807) is 0 Å². The fourth-order valence-electron chi connectivity index (χ4n) is 1.30. The number of carbonyl (C=O) groups excluding carboxylic acids is 1. The van der Waals surface area contributed by atoms with Gasteiger partial charge in [-0.15, -0.1) is 0 Å². The van der Waals surface area contributed by atoms with E-state index in [4.69, 9.17) is 10.9 Å². The molecule has 5 nitrogen and oxygen atoms in total. The van der Waals surface area contributed by atoms with Crippen LogP contribution in [0.15, 0.2) is 23.4 Å². The third-order valence-electron chi connectivity index (χ3n) is 2.11. The van der Waals surface area contributed by atoms with E-state index in [1.165, 1.54) is 12.1 Å². The molecule has 1 aromatic rings. The lowest BCUT2D eigenvalue weighted by atomic mass is 10.1. The van der Waals surface area contributed by atoms with Gasteiger partial charge in [0.25, 0.3) is 0 Å². The minimum Gasteiger partial charge on any atom is -0.409 e. The summed E-state index contributed by atoms with van der Waals surface area (Å²) in [6.45, 7) is 1.88. The first kappa shape index (κ1) is 13.0. The number of amides is 1. The van der Waals surface area contributed by atoms with Crippen molar-refractivity contribution in [2.24, 2.45) is 10.9 Å². The maximum Gasteiger partial charge on any atom is 0.224 e. The number of hydrogen-bond acceptors (Lipinski definition) is 3. The molecule has 0 aromatic heterocycles. The molecular weight excluding hydrogens is 225 g/mol. The van der Waals surface area contributed by atoms with E-state index < -0.39 is 5.82 Å². The van der Waals surface area contributed by atoms with E-state index in [2.05, 4.69) is 10.5 Å². The molecule has 0 aliphatic rings. The summed E-state index contributed by atoms with van der Waals surface area (Å²) in [5.41, 5.74) is 5.66. The van der Waals surface area contributed by atoms with Crippen LogP contribution in [0.4, 0.5) is 10.1 Å². The van der Waals surface area contributed by atoms with Gasteiger partial charge in [-0.1, -0.05) is 12.1 Å². The molecule has 0 spiro atoms. The highest BCUT2D eigenvalue weighted by molar-refractivity contribution is 5.99. The van der Waals surface area contributed by atoms with Gasteiger partial charge >= 0.3 is 0 Å². The quantitative estimate of drug-likeness (QED) is 0.323. The molecule has 0 aliphatic heterocycles. The van der Waals surface area contributed by atoms with Crippen molar-refractivity contribution in [2.75, 3.05) is 5.32 Å². The van der Waals surface area contributed by atoms with Gasteiger partial charge < -0.3 is 16.3 Å². The molecular formula is C11H14FN3O2. The van der Waals surface area contributed by atoms with Gasteiger partial charge in [0.05, 0.1) is 5.56 Å². The van der Waals surface area contributed by atoms with Crippen LogP contribution in [0.3, 0.4) is 0 Å². The van der Waals surface area contributed by atoms with Gasteiger partial charge in [-0.25, -0.2) is 4.39 Å². The standard InChI is InChI=1S/C11H14FN3O2/c1-2-3-10(16)14-7-4-5-9(12)8(6-7)11(13)15-17/h4-6,17H,2-3H2,1H3,(H2,13,15)(H,14,16). The topological polar surface area (TPSA) is 87.7 Å². The predicted octanol–water partition coefficient (Wildman–Crippen LogP) is 1.66. The van der Waals surface area contributed by atoms with E-state index in [1.807, 2.05) is 6.92 Å². The molecule has 1 amide bonds. The van der Waals surface area contributed by atoms with Crippen LogP contribution in [0.5, 0.6) is 0 Å². The molecule has 4 N–H and O–H groups in total. The summed E-state index contributed by atoms with van der Waals surface area (Å²) in [7, 11) is 0. The Morgan fingerprint density at radius 1 is 1.59 bits per heavy atom. The molecule has 0 saturated carbocycles. The normalized spacial score (nSPS) is 11.3. The van der Waals surface area contributed by atoms with Crippen LogP contribution < -0.4 is 11.1 Å². The second-order valence-corrected chi connectivity index (χ2v) is 3.48. The number of hydrogen-bond donors (Lipinski definition) is 3. The number of rotatable bonds is 4. The number of nitrogens with zero attached hydrogens (tertiary/aromatic N) is 1. The Kier molecular flexibility index (Phi) is 4.45. The van der Waals surface area contributed by atoms with E-state index in [0.717, 1.165) is 12.5 Å². The summed E-state index contributed by atoms with van der Waals surface area (Å²) in [6.07, 6.45) is 1.11. The molecule has 0 unspecified atom stereocenters. The average molecular weight is 239 g/mol. The number of amidine groups is 1. The van der Waals surface area contributed by atoms with E-state index in [-0.39, 0.29) is 17.3 Å². The van der Waals surface area contributed by atoms with Crippen LogP contribution in [-0.4, -0.2) is 17.0 Å². The molecule has 0 aliphatic carbocycles. The zero-order valence-electron chi connectivity index (χ0n) is 9.40. The summed E-state index contributed by atoms with van der Waals surface area (Å²) < 4.78 is 13.3. The molecule has 0 saturated heterocycles. The first-order chi connectivity index (χ1) is 8.08. The zero-order valence-corrected chi connectivity index (χ0v) is 9.40. The van der Waals surface area contributed by atoms with Crippen molar-refractivity contribution >= 4 is 17.4 Å². The number of anilines is 1. The lowest BCUT2D eigenvalue weighted by molar-refractivity contribution is -0.116. The average Bonchev–Trinajstić information content (AvgIpc) is 2.31. The Morgan fingerprint density at radius 3 is 2.88 bits per heavy atom. The molecule has 92 valence electrons. The fraction of sp³-hybridized carbons (Fsp3) is 0.273. The maximum absolute atomic E-state index is 13.3. The second kappa shape index (κ2) is 5.83. The van der Waals surface area contributed by atoms with Crippen LogP contribution in [0.25, 0.3) is 0 Å². The summed E-state index contributed by atoms with van der Waals surface area (Å²) in [5, 5.41) is 13.8. The first-order valence-corrected chi connectivity index (χ1v) is 5.15. The smallest absolute Gasteiger partial charge is 0.224 e. The third kappa shape index (κ3) is 3.44. The first-order valence-electron chi connectivity index (χ1n) is 5.15. The van der Waals surface area contributed by atoms with Crippen molar-refractivity contribution in [2.45, 2.75) is 19.8 Å². The summed E-state index contributed by atoms with van der Waals surface area (Å²) in [4.78, 5) is 11.3. The number of nitrogens with two attached hydrogens (primary N) is 1. The van der Waals surface area contributed by atoms with Crippen LogP contribution in [0, 0.1) is 5.82 Å². The third-order valence-corrected chi connectivity index (χ3v) is 2.11. The van der Waals surface area contributed by atoms with Crippen molar-refractivity contribution < 1.29 is 14.4 Å². The maximum atomic E-state index is 13.3. The molecule has 17 heavy (non-hydrogen) atoms. The number of oxime groups is 1. The predicted molar refractivity (Wildman–Crippen MR) is 62.4 cm³/mol. The number of halogens is 1. The van der Waals surface area contributed by atoms with Crippen molar-refractivity contribution in [1.29, 1.82) is 0 Å². The molecule has 0 radical (unpaired) electrons. The molecule has 0 atom stereocenters. The second-order valence-electron chi connectivity index (χ2n) is 3.48. The van der Waals surface area contributed by atoms with E-state index >= 15 is 0 Å². The largest absolute Gasteiger partial charge is 0.409 e. The van der Waals surface area contributed by atoms with Gasteiger partial charge in [0.2, 0.25) is 5.91 Å². The van der Waals surface area contributed by atoms with Crippen LogP contribution in [0.2, 0.25) is 0 Å². The lowest BCUT2D eigenvalue weighted by Crippen LogP contribution is -2.16. The van der Waals surface area contributed by atoms with Gasteiger partial charge in [0.1, 0.15) is 5.82 Å². The Labute approximate surface area is 98.1 Å². The fourth-order valence-corrected chi connectivity index (χ4v) is 1.30. The molecule has 0 heterocycles. The minimum absolute atomic E-state index is 0.0539. The number of benzene rings is 1. The molecule has 6 heteroatoms. The number of carbonyl (C=O) groups is 1. The molecule has 1 aromatic carbocycles. The highest BCUT2D eigenvalue weighted by atomic mass is 19.1. The van der Waals surface area contributed by atoms with E-state index in [0.29, 0.717) is 12.1 Å². The van der Waals surface area contributed by atoms with Crippen LogP contribution in [-0.2, 0) is 4.79 Å². The summed E-state index contributed by atoms with van der Waals surface area (Å²) >= 11 is 0. The van der Waals surface area contributed by atoms with Crippen LogP contribution >= 0.6 is 0 Å². The van der Waals surface area contributed by atoms with Gasteiger partial charge in [0.15, 0.2) is 5.84 Å². The Bertz CT molecular complexity index is 446. The van der Waals surface area contributed by atoms with Gasteiger partial charge in [-0.3, -0.25) is 4.79 Å². The Morgan fingerprint density at radius 2 is 2.29 bits per heavy atom. The number of nitrogens with one attached hydrogen (secondary N) is 1. The zero-order chi connectivity index (χ0) is 12.8. The van der Waals surface area contributed by atoms with Gasteiger partial charge in [-0.2, -0.15) is 0 Å². The Balaban J connectivity index is 2.93. The monoisotopic (exact) mass is 239 g/mol. The highest BCUT2D eigenvalue weighted by Gasteiger charge is 2.09. The molecule has 0 fully saturated rings. The van der Waals surface area contributed by atoms with Crippen molar-refractivity contribution in [3.05, 3.63) is 29.6 Å². The van der Waals surface area contributed by atoms with Gasteiger partial charge in [-0.05, 0) is 24.6 Å². The SMILES string of the molecule is CCCC(=O)Nc1ccc(F)c(C(N)=NO)c1. The van der Waals surface area contributed by atoms with Crippen molar-refractivity contribution in [1.82, 2.24) is 0 Å². The van der Waals surface area contributed by atoms with Crippen LogP contribution in [0.1, 0.15) is 25.3 Å². The molecule has 0 bridgehead atoms. The summed E-state index contributed by atoms with van der Waals surface area (Å²) in [6, 6.07) is 3.88. The van der Waals surface area contributed by atoms with E-state index in [9.17, 15) is 9.18 Å². The van der Waals surface area contributed by atoms with Gasteiger partial charge in [0, 0.05) is 12.1 Å². The minimum atomic E-state index is -0.617. The van der Waals surface area contributed by atoms with Crippen molar-refractivity contribution in [3.8, 4) is 0 Å².